The van der Waals surface area contributed by atoms with Crippen molar-refractivity contribution in [1.29, 1.82) is 0 Å². The molecule has 0 aliphatic carbocycles. The molecule has 0 spiro atoms. The van der Waals surface area contributed by atoms with Gasteiger partial charge in [0.15, 0.2) is 0 Å². The van der Waals surface area contributed by atoms with E-state index in [1.807, 2.05) is 6.92 Å². The number of nitrogens with zero attached hydrogens (tertiary/aromatic N) is 2. The van der Waals surface area contributed by atoms with E-state index in [1.54, 1.807) is 6.20 Å². The van der Waals surface area contributed by atoms with Crippen molar-refractivity contribution in [3.05, 3.63) is 41.1 Å². The van der Waals surface area contributed by atoms with Crippen LogP contribution in [-0.4, -0.2) is 9.97 Å². The minimum Gasteiger partial charge on any atom is -0.340 e. The van der Waals surface area contributed by atoms with Crippen LogP contribution >= 0.6 is 0 Å². The Morgan fingerprint density at radius 2 is 2.00 bits per heavy atom. The van der Waals surface area contributed by atoms with Gasteiger partial charge in [0.2, 0.25) is 5.95 Å². The van der Waals surface area contributed by atoms with Gasteiger partial charge in [-0.05, 0) is 43.5 Å². The van der Waals surface area contributed by atoms with E-state index in [9.17, 15) is 0 Å². The summed E-state index contributed by atoms with van der Waals surface area (Å²) in [5.41, 5.74) is 7.06. The second-order valence-electron chi connectivity index (χ2n) is 4.49. The number of benzene rings is 1. The van der Waals surface area contributed by atoms with E-state index in [4.69, 9.17) is 5.84 Å². The molecule has 0 fully saturated rings. The highest BCUT2D eigenvalue weighted by atomic mass is 15.3. The zero-order chi connectivity index (χ0) is 13.8. The highest BCUT2D eigenvalue weighted by Crippen LogP contribution is 2.21. The fraction of sp³-hybridized carbons (Fsp3) is 0.286. The van der Waals surface area contributed by atoms with Gasteiger partial charge in [0.05, 0.1) is 0 Å². The fourth-order valence-corrected chi connectivity index (χ4v) is 1.95. The summed E-state index contributed by atoms with van der Waals surface area (Å²) in [5.74, 6) is 6.48. The SMILES string of the molecule is CCc1ccc(Nc2nc(NN)ncc2C)cc1C. The third kappa shape index (κ3) is 3.00. The molecule has 2 aromatic rings. The quantitative estimate of drug-likeness (QED) is 0.580. The summed E-state index contributed by atoms with van der Waals surface area (Å²) in [6.45, 7) is 6.23. The molecule has 0 atom stereocenters. The molecular weight excluding hydrogens is 238 g/mol. The first-order valence-electron chi connectivity index (χ1n) is 6.31. The lowest BCUT2D eigenvalue weighted by Crippen LogP contribution is -2.11. The van der Waals surface area contributed by atoms with Crippen LogP contribution in [0.2, 0.25) is 0 Å². The lowest BCUT2D eigenvalue weighted by molar-refractivity contribution is 1.09. The highest BCUT2D eigenvalue weighted by molar-refractivity contribution is 5.61. The molecule has 1 heterocycles. The minimum absolute atomic E-state index is 0.398. The summed E-state index contributed by atoms with van der Waals surface area (Å²) in [6.07, 6.45) is 2.78. The lowest BCUT2D eigenvalue weighted by atomic mass is 10.1. The average molecular weight is 257 g/mol. The molecule has 4 N–H and O–H groups in total. The first-order chi connectivity index (χ1) is 9.13. The molecule has 5 heteroatoms. The number of nitrogens with one attached hydrogen (secondary N) is 2. The predicted molar refractivity (Wildman–Crippen MR) is 78.4 cm³/mol. The number of anilines is 3. The Labute approximate surface area is 113 Å². The number of aromatic nitrogens is 2. The van der Waals surface area contributed by atoms with Crippen LogP contribution in [0.25, 0.3) is 0 Å². The maximum absolute atomic E-state index is 5.32. The monoisotopic (exact) mass is 257 g/mol. The van der Waals surface area contributed by atoms with Crippen LogP contribution in [0, 0.1) is 13.8 Å². The minimum atomic E-state index is 0.398. The van der Waals surface area contributed by atoms with Gasteiger partial charge in [0.1, 0.15) is 5.82 Å². The van der Waals surface area contributed by atoms with Crippen molar-refractivity contribution in [3.8, 4) is 0 Å². The second-order valence-corrected chi connectivity index (χ2v) is 4.49. The van der Waals surface area contributed by atoms with Gasteiger partial charge in [-0.15, -0.1) is 0 Å². The van der Waals surface area contributed by atoms with Crippen molar-refractivity contribution in [3.63, 3.8) is 0 Å². The zero-order valence-electron chi connectivity index (χ0n) is 11.5. The van der Waals surface area contributed by atoms with Gasteiger partial charge in [-0.1, -0.05) is 13.0 Å². The van der Waals surface area contributed by atoms with E-state index < -0.39 is 0 Å². The number of aryl methyl sites for hydroxylation is 3. The lowest BCUT2D eigenvalue weighted by Gasteiger charge is -2.11. The summed E-state index contributed by atoms with van der Waals surface area (Å²) in [5, 5.41) is 3.29. The number of nitrogen functional groups attached to an aromatic ring is 1. The third-order valence-electron chi connectivity index (χ3n) is 3.09. The summed E-state index contributed by atoms with van der Waals surface area (Å²) >= 11 is 0. The smallest absolute Gasteiger partial charge is 0.239 e. The van der Waals surface area contributed by atoms with Gasteiger partial charge < -0.3 is 5.32 Å². The van der Waals surface area contributed by atoms with Crippen LogP contribution in [0.1, 0.15) is 23.6 Å². The summed E-state index contributed by atoms with van der Waals surface area (Å²) < 4.78 is 0. The van der Waals surface area contributed by atoms with Gasteiger partial charge in [-0.25, -0.2) is 10.8 Å². The van der Waals surface area contributed by atoms with Crippen molar-refractivity contribution in [2.24, 2.45) is 5.84 Å². The topological polar surface area (TPSA) is 75.9 Å². The normalized spacial score (nSPS) is 10.3. The van der Waals surface area contributed by atoms with Crippen molar-refractivity contribution < 1.29 is 0 Å². The zero-order valence-corrected chi connectivity index (χ0v) is 11.5. The molecule has 1 aromatic heterocycles. The Kier molecular flexibility index (Phi) is 3.97. The van der Waals surface area contributed by atoms with E-state index in [1.165, 1.54) is 11.1 Å². The summed E-state index contributed by atoms with van der Waals surface area (Å²) in [6, 6.07) is 6.31. The molecule has 0 unspecified atom stereocenters. The number of hydrazine groups is 1. The maximum Gasteiger partial charge on any atom is 0.239 e. The van der Waals surface area contributed by atoms with Crippen LogP contribution in [0.5, 0.6) is 0 Å². The average Bonchev–Trinajstić information content (AvgIpc) is 2.41. The Bertz CT molecular complexity index is 580. The Hall–Kier alpha value is -2.14. The maximum atomic E-state index is 5.32. The molecule has 0 radical (unpaired) electrons. The predicted octanol–water partition coefficient (Wildman–Crippen LogP) is 2.69. The van der Waals surface area contributed by atoms with Gasteiger partial charge in [-0.2, -0.15) is 4.98 Å². The Morgan fingerprint density at radius 3 is 2.63 bits per heavy atom. The standard InChI is InChI=1S/C14H19N5/c1-4-11-5-6-12(7-9(11)2)17-13-10(3)8-16-14(18-13)19-15/h5-8H,4,15H2,1-3H3,(H2,16,17,18,19). The van der Waals surface area contributed by atoms with Gasteiger partial charge >= 0.3 is 0 Å². The largest absolute Gasteiger partial charge is 0.340 e. The molecule has 5 nitrogen and oxygen atoms in total. The van der Waals surface area contributed by atoms with Crippen LogP contribution in [0.4, 0.5) is 17.5 Å². The number of rotatable bonds is 4. The molecule has 0 saturated heterocycles. The van der Waals surface area contributed by atoms with E-state index >= 15 is 0 Å². The molecule has 0 saturated carbocycles. The third-order valence-corrected chi connectivity index (χ3v) is 3.09. The van der Waals surface area contributed by atoms with Crippen LogP contribution < -0.4 is 16.6 Å². The van der Waals surface area contributed by atoms with Crippen molar-refractivity contribution in [2.45, 2.75) is 27.2 Å². The van der Waals surface area contributed by atoms with Gasteiger partial charge in [-0.3, -0.25) is 5.43 Å². The Balaban J connectivity index is 2.28. The van der Waals surface area contributed by atoms with E-state index in [2.05, 4.69) is 52.8 Å². The number of nitrogens with two attached hydrogens (primary N) is 1. The van der Waals surface area contributed by atoms with Crippen molar-refractivity contribution in [2.75, 3.05) is 10.7 Å². The molecule has 1 aromatic carbocycles. The second kappa shape index (κ2) is 5.67. The first kappa shape index (κ1) is 13.3. The number of hydrogen-bond acceptors (Lipinski definition) is 5. The molecule has 2 rings (SSSR count). The highest BCUT2D eigenvalue weighted by Gasteiger charge is 2.04. The van der Waals surface area contributed by atoms with E-state index in [0.29, 0.717) is 5.95 Å². The Morgan fingerprint density at radius 1 is 1.21 bits per heavy atom. The van der Waals surface area contributed by atoms with E-state index in [-0.39, 0.29) is 0 Å². The molecule has 0 aliphatic heterocycles. The first-order valence-corrected chi connectivity index (χ1v) is 6.31. The van der Waals surface area contributed by atoms with E-state index in [0.717, 1.165) is 23.5 Å². The molecule has 19 heavy (non-hydrogen) atoms. The number of hydrogen-bond donors (Lipinski definition) is 3. The summed E-state index contributed by atoms with van der Waals surface area (Å²) in [7, 11) is 0. The molecule has 0 amide bonds. The molecule has 0 aliphatic rings. The summed E-state index contributed by atoms with van der Waals surface area (Å²) in [4.78, 5) is 8.36. The molecule has 100 valence electrons. The van der Waals surface area contributed by atoms with Gasteiger partial charge in [0.25, 0.3) is 0 Å². The van der Waals surface area contributed by atoms with Crippen LogP contribution in [0.3, 0.4) is 0 Å². The fourth-order valence-electron chi connectivity index (χ4n) is 1.95. The van der Waals surface area contributed by atoms with Crippen LogP contribution in [-0.2, 0) is 6.42 Å². The van der Waals surface area contributed by atoms with Gasteiger partial charge in [0, 0.05) is 17.4 Å². The molecular formula is C14H19N5. The van der Waals surface area contributed by atoms with Crippen molar-refractivity contribution in [1.82, 2.24) is 9.97 Å². The van der Waals surface area contributed by atoms with Crippen molar-refractivity contribution >= 4 is 17.5 Å². The molecule has 0 bridgehead atoms. The van der Waals surface area contributed by atoms with Crippen LogP contribution in [0.15, 0.2) is 24.4 Å².